The van der Waals surface area contributed by atoms with Gasteiger partial charge in [0.15, 0.2) is 0 Å². The number of carbonyl (C=O) groups excluding carboxylic acids is 1. The Kier molecular flexibility index (Phi) is 4.33. The lowest BCUT2D eigenvalue weighted by molar-refractivity contribution is -0.385. The first-order valence-corrected chi connectivity index (χ1v) is 7.78. The van der Waals surface area contributed by atoms with Crippen molar-refractivity contribution < 1.29 is 14.1 Å². The van der Waals surface area contributed by atoms with Gasteiger partial charge in [0, 0.05) is 12.1 Å². The summed E-state index contributed by atoms with van der Waals surface area (Å²) in [7, 11) is 0. The topological polar surface area (TPSA) is 98.0 Å². The minimum absolute atomic E-state index is 0.0153. The maximum Gasteiger partial charge on any atom is 0.274 e. The molecule has 0 spiro atoms. The van der Waals surface area contributed by atoms with Crippen LogP contribution in [-0.4, -0.2) is 20.8 Å². The summed E-state index contributed by atoms with van der Waals surface area (Å²) in [6, 6.07) is 6.65. The van der Waals surface area contributed by atoms with Crippen molar-refractivity contribution >= 4 is 28.3 Å². The van der Waals surface area contributed by atoms with E-state index in [1.807, 2.05) is 0 Å². The predicted molar refractivity (Wildman–Crippen MR) is 94.8 cm³/mol. The van der Waals surface area contributed by atoms with Gasteiger partial charge in [0.1, 0.15) is 11.3 Å². The van der Waals surface area contributed by atoms with Gasteiger partial charge < -0.3 is 5.32 Å². The first-order valence-electron chi connectivity index (χ1n) is 7.78. The fraction of sp³-hybridized carbons (Fsp3) is 0.167. The number of anilines is 1. The second-order valence-corrected chi connectivity index (χ2v) is 5.88. The smallest absolute Gasteiger partial charge is 0.274 e. The summed E-state index contributed by atoms with van der Waals surface area (Å²) in [6.45, 7) is 5.03. The highest BCUT2D eigenvalue weighted by molar-refractivity contribution is 6.11. The van der Waals surface area contributed by atoms with Gasteiger partial charge in [0.2, 0.25) is 0 Å². The summed E-state index contributed by atoms with van der Waals surface area (Å²) in [5.41, 5.74) is 2.31. The van der Waals surface area contributed by atoms with Gasteiger partial charge in [-0.2, -0.15) is 0 Å². The van der Waals surface area contributed by atoms with E-state index in [0.717, 1.165) is 6.07 Å². The third-order valence-electron chi connectivity index (χ3n) is 4.14. The van der Waals surface area contributed by atoms with Crippen LogP contribution in [0.4, 0.5) is 15.8 Å². The third kappa shape index (κ3) is 3.08. The van der Waals surface area contributed by atoms with Gasteiger partial charge in [-0.1, -0.05) is 6.07 Å². The zero-order valence-electron chi connectivity index (χ0n) is 14.3. The number of hydrogen-bond acceptors (Lipinski definition) is 5. The van der Waals surface area contributed by atoms with Crippen molar-refractivity contribution in [2.24, 2.45) is 0 Å². The lowest BCUT2D eigenvalue weighted by Gasteiger charge is -2.11. The maximum atomic E-state index is 13.9. The lowest BCUT2D eigenvalue weighted by Crippen LogP contribution is -2.15. The van der Waals surface area contributed by atoms with Gasteiger partial charge in [0.25, 0.3) is 11.6 Å². The number of carbonyl (C=O) groups is 1. The van der Waals surface area contributed by atoms with Crippen LogP contribution >= 0.6 is 0 Å². The normalized spacial score (nSPS) is 10.8. The van der Waals surface area contributed by atoms with Crippen LogP contribution in [0.2, 0.25) is 0 Å². The van der Waals surface area contributed by atoms with Crippen molar-refractivity contribution in [1.82, 2.24) is 9.97 Å². The van der Waals surface area contributed by atoms with Gasteiger partial charge in [-0.25, -0.2) is 14.4 Å². The van der Waals surface area contributed by atoms with Crippen molar-refractivity contribution in [3.05, 3.63) is 68.8 Å². The monoisotopic (exact) mass is 354 g/mol. The van der Waals surface area contributed by atoms with E-state index < -0.39 is 16.6 Å². The molecular formula is C18H15FN4O3. The molecule has 3 rings (SSSR count). The van der Waals surface area contributed by atoms with E-state index in [-0.39, 0.29) is 28.0 Å². The molecular weight excluding hydrogens is 339 g/mol. The Labute approximate surface area is 148 Å². The molecule has 0 unspecified atom stereocenters. The van der Waals surface area contributed by atoms with E-state index in [9.17, 15) is 19.3 Å². The summed E-state index contributed by atoms with van der Waals surface area (Å²) in [4.78, 5) is 31.8. The van der Waals surface area contributed by atoms with Gasteiger partial charge in [-0.05, 0) is 32.9 Å². The molecule has 0 radical (unpaired) electrons. The largest absolute Gasteiger partial charge is 0.321 e. The summed E-state index contributed by atoms with van der Waals surface area (Å²) >= 11 is 0. The number of nitrogens with one attached hydrogen (secondary N) is 1. The number of hydrogen-bond donors (Lipinski definition) is 1. The molecule has 3 aromatic rings. The molecule has 1 aromatic heterocycles. The van der Waals surface area contributed by atoms with Crippen LogP contribution in [0.25, 0.3) is 11.0 Å². The highest BCUT2D eigenvalue weighted by Crippen LogP contribution is 2.26. The van der Waals surface area contributed by atoms with Gasteiger partial charge in [-0.15, -0.1) is 0 Å². The van der Waals surface area contributed by atoms with Crippen LogP contribution in [0.1, 0.15) is 27.3 Å². The number of amides is 1. The number of benzene rings is 2. The Bertz CT molecular complexity index is 1070. The number of fused-ring (bicyclic) bond motifs is 1. The molecule has 0 fully saturated rings. The molecule has 0 aliphatic heterocycles. The van der Waals surface area contributed by atoms with E-state index in [1.165, 1.54) is 25.1 Å². The van der Waals surface area contributed by atoms with E-state index in [2.05, 4.69) is 15.3 Å². The minimum Gasteiger partial charge on any atom is -0.321 e. The molecule has 0 bridgehead atoms. The second kappa shape index (κ2) is 6.47. The van der Waals surface area contributed by atoms with E-state index >= 15 is 0 Å². The summed E-state index contributed by atoms with van der Waals surface area (Å²) in [5.74, 6) is -1.23. The fourth-order valence-electron chi connectivity index (χ4n) is 2.62. The van der Waals surface area contributed by atoms with Gasteiger partial charge in [-0.3, -0.25) is 14.9 Å². The van der Waals surface area contributed by atoms with Crippen molar-refractivity contribution in [2.45, 2.75) is 20.8 Å². The van der Waals surface area contributed by atoms with Crippen LogP contribution in [0, 0.1) is 36.7 Å². The molecule has 2 aromatic carbocycles. The predicted octanol–water partition coefficient (Wildman–Crippen LogP) is 3.85. The summed E-state index contributed by atoms with van der Waals surface area (Å²) in [5, 5.41) is 13.6. The van der Waals surface area contributed by atoms with Crippen molar-refractivity contribution in [3.8, 4) is 0 Å². The molecule has 26 heavy (non-hydrogen) atoms. The lowest BCUT2D eigenvalue weighted by atomic mass is 10.1. The van der Waals surface area contributed by atoms with Crippen molar-refractivity contribution in [1.29, 1.82) is 0 Å². The highest BCUT2D eigenvalue weighted by Gasteiger charge is 2.19. The molecule has 1 amide bonds. The standard InChI is InChI=1S/C18H15FN4O3/c1-9-14(5-4-6-16(9)23(25)26)22-18(24)13-7-12(19)8-15-17(13)21-11(3)10(2)20-15/h4-8H,1-3H3,(H,22,24). The van der Waals surface area contributed by atoms with E-state index in [1.54, 1.807) is 19.9 Å². The molecule has 1 N–H and O–H groups in total. The van der Waals surface area contributed by atoms with Gasteiger partial charge >= 0.3 is 0 Å². The Morgan fingerprint density at radius 2 is 1.85 bits per heavy atom. The first kappa shape index (κ1) is 17.4. The quantitative estimate of drug-likeness (QED) is 0.569. The SMILES string of the molecule is Cc1nc2cc(F)cc(C(=O)Nc3cccc([N+](=O)[O-])c3C)c2nc1C. The number of nitro groups is 1. The molecule has 8 heteroatoms. The maximum absolute atomic E-state index is 13.9. The first-order chi connectivity index (χ1) is 12.3. The fourth-order valence-corrected chi connectivity index (χ4v) is 2.62. The molecule has 0 atom stereocenters. The average molecular weight is 354 g/mol. The Balaban J connectivity index is 2.08. The van der Waals surface area contributed by atoms with Crippen molar-refractivity contribution in [3.63, 3.8) is 0 Å². The van der Waals surface area contributed by atoms with E-state index in [0.29, 0.717) is 17.0 Å². The van der Waals surface area contributed by atoms with Gasteiger partial charge in [0.05, 0.1) is 38.6 Å². The summed E-state index contributed by atoms with van der Waals surface area (Å²) < 4.78 is 13.9. The average Bonchev–Trinajstić information content (AvgIpc) is 2.57. The number of rotatable bonds is 3. The molecule has 132 valence electrons. The van der Waals surface area contributed by atoms with Crippen LogP contribution in [0.3, 0.4) is 0 Å². The minimum atomic E-state index is -0.615. The van der Waals surface area contributed by atoms with Crippen LogP contribution in [0.15, 0.2) is 30.3 Å². The zero-order valence-corrected chi connectivity index (χ0v) is 14.3. The zero-order chi connectivity index (χ0) is 19.0. The number of nitrogens with zero attached hydrogens (tertiary/aromatic N) is 3. The number of aryl methyl sites for hydroxylation is 2. The molecule has 0 aliphatic rings. The Hall–Kier alpha value is -3.42. The van der Waals surface area contributed by atoms with Crippen molar-refractivity contribution in [2.75, 3.05) is 5.32 Å². The highest BCUT2D eigenvalue weighted by atomic mass is 19.1. The molecule has 0 saturated heterocycles. The van der Waals surface area contributed by atoms with Crippen LogP contribution in [-0.2, 0) is 0 Å². The molecule has 7 nitrogen and oxygen atoms in total. The Morgan fingerprint density at radius 3 is 2.54 bits per heavy atom. The number of nitro benzene ring substituents is 1. The molecule has 1 heterocycles. The molecule has 0 saturated carbocycles. The number of halogens is 1. The van der Waals surface area contributed by atoms with Crippen LogP contribution in [0.5, 0.6) is 0 Å². The number of aromatic nitrogens is 2. The summed E-state index contributed by atoms with van der Waals surface area (Å²) in [6.07, 6.45) is 0. The molecule has 0 aliphatic carbocycles. The van der Waals surface area contributed by atoms with Crippen LogP contribution < -0.4 is 5.32 Å². The second-order valence-electron chi connectivity index (χ2n) is 5.88. The van der Waals surface area contributed by atoms with E-state index in [4.69, 9.17) is 0 Å². The third-order valence-corrected chi connectivity index (χ3v) is 4.14. The Morgan fingerprint density at radius 1 is 1.15 bits per heavy atom.